The lowest BCUT2D eigenvalue weighted by atomic mass is 10.0. The second-order valence-electron chi connectivity index (χ2n) is 7.12. The molecule has 0 spiro atoms. The Hall–Kier alpha value is -2.02. The predicted molar refractivity (Wildman–Crippen MR) is 89.2 cm³/mol. The molecule has 134 valence electrons. The lowest BCUT2D eigenvalue weighted by Gasteiger charge is -2.36. The van der Waals surface area contributed by atoms with E-state index in [1.165, 1.54) is 12.3 Å². The highest BCUT2D eigenvalue weighted by Crippen LogP contribution is 2.26. The van der Waals surface area contributed by atoms with E-state index in [1.54, 1.807) is 10.5 Å². The van der Waals surface area contributed by atoms with Crippen LogP contribution in [0.1, 0.15) is 25.0 Å². The van der Waals surface area contributed by atoms with Crippen molar-refractivity contribution in [2.75, 3.05) is 26.3 Å². The number of hydrogen-bond acceptors (Lipinski definition) is 3. The average Bonchev–Trinajstić information content (AvgIpc) is 3.18. The molecular weight excluding hydrogens is 326 g/mol. The number of halogens is 2. The van der Waals surface area contributed by atoms with Crippen LogP contribution in [-0.2, 0) is 11.3 Å². The Morgan fingerprint density at radius 1 is 1.20 bits per heavy atom. The number of carbonyl (C=O) groups excluding carboxylic acids is 1. The summed E-state index contributed by atoms with van der Waals surface area (Å²) in [6.45, 7) is 2.65. The molecule has 2 fully saturated rings. The van der Waals surface area contributed by atoms with Crippen LogP contribution in [0.15, 0.2) is 24.5 Å². The number of carbonyl (C=O) groups is 1. The van der Waals surface area contributed by atoms with Crippen LogP contribution in [0.4, 0.5) is 8.78 Å². The normalized spacial score (nSPS) is 23.0. The first-order valence-corrected chi connectivity index (χ1v) is 8.83. The predicted octanol–water partition coefficient (Wildman–Crippen LogP) is 2.26. The van der Waals surface area contributed by atoms with Crippen LogP contribution >= 0.6 is 0 Å². The van der Waals surface area contributed by atoms with Gasteiger partial charge in [0.2, 0.25) is 5.91 Å². The summed E-state index contributed by atoms with van der Waals surface area (Å²) in [5.41, 5.74) is 1.66. The first kappa shape index (κ1) is 16.4. The van der Waals surface area contributed by atoms with Crippen molar-refractivity contribution in [2.45, 2.75) is 31.8 Å². The van der Waals surface area contributed by atoms with Crippen LogP contribution in [0.3, 0.4) is 0 Å². The maximum absolute atomic E-state index is 13.3. The van der Waals surface area contributed by atoms with Crippen molar-refractivity contribution in [1.82, 2.24) is 19.2 Å². The van der Waals surface area contributed by atoms with Crippen LogP contribution in [0.2, 0.25) is 0 Å². The van der Waals surface area contributed by atoms with Crippen LogP contribution in [-0.4, -0.2) is 57.4 Å². The molecule has 1 amide bonds. The van der Waals surface area contributed by atoms with Gasteiger partial charge in [0.25, 0.3) is 0 Å². The second kappa shape index (κ2) is 6.71. The lowest BCUT2D eigenvalue weighted by molar-refractivity contribution is -0.130. The smallest absolute Gasteiger partial charge is 0.223 e. The van der Waals surface area contributed by atoms with Gasteiger partial charge in [-0.1, -0.05) is 0 Å². The van der Waals surface area contributed by atoms with Crippen molar-refractivity contribution in [3.63, 3.8) is 0 Å². The van der Waals surface area contributed by atoms with Gasteiger partial charge in [0, 0.05) is 57.0 Å². The summed E-state index contributed by atoms with van der Waals surface area (Å²) < 4.78 is 27.8. The molecule has 0 radical (unpaired) electrons. The number of amides is 1. The van der Waals surface area contributed by atoms with Crippen LogP contribution < -0.4 is 0 Å². The SMILES string of the molecule is O=C1CC(CF)CN1C1CCN(Cc2cn3cc(F)ccc3n2)CC1. The van der Waals surface area contributed by atoms with E-state index in [2.05, 4.69) is 9.88 Å². The molecule has 4 heterocycles. The highest BCUT2D eigenvalue weighted by atomic mass is 19.1. The standard InChI is InChI=1S/C18H22F2N4O/c19-8-13-7-18(25)24(9-13)16-3-5-22(6-4-16)11-15-12-23-10-14(20)1-2-17(23)21-15/h1-2,10,12-13,16H,3-9,11H2. The van der Waals surface area contributed by atoms with Gasteiger partial charge in [0.05, 0.1) is 12.4 Å². The zero-order valence-corrected chi connectivity index (χ0v) is 14.1. The number of fused-ring (bicyclic) bond motifs is 1. The van der Waals surface area contributed by atoms with Gasteiger partial charge in [-0.2, -0.15) is 0 Å². The maximum Gasteiger partial charge on any atom is 0.223 e. The molecule has 4 rings (SSSR count). The number of alkyl halides is 1. The average molecular weight is 348 g/mol. The summed E-state index contributed by atoms with van der Waals surface area (Å²) in [6, 6.07) is 3.32. The van der Waals surface area contributed by atoms with Crippen molar-refractivity contribution < 1.29 is 13.6 Å². The topological polar surface area (TPSA) is 40.9 Å². The summed E-state index contributed by atoms with van der Waals surface area (Å²) in [5.74, 6) is -0.300. The van der Waals surface area contributed by atoms with E-state index in [1.807, 2.05) is 11.1 Å². The first-order chi connectivity index (χ1) is 12.1. The summed E-state index contributed by atoms with van der Waals surface area (Å²) in [5, 5.41) is 0. The van der Waals surface area contributed by atoms with Gasteiger partial charge in [0.15, 0.2) is 0 Å². The summed E-state index contributed by atoms with van der Waals surface area (Å²) in [6.07, 6.45) is 5.46. The lowest BCUT2D eigenvalue weighted by Crippen LogP contribution is -2.45. The van der Waals surface area contributed by atoms with Gasteiger partial charge >= 0.3 is 0 Å². The molecule has 1 unspecified atom stereocenters. The number of hydrogen-bond donors (Lipinski definition) is 0. The van der Waals surface area contributed by atoms with Gasteiger partial charge in [-0.3, -0.25) is 14.1 Å². The number of pyridine rings is 1. The first-order valence-electron chi connectivity index (χ1n) is 8.83. The van der Waals surface area contributed by atoms with Gasteiger partial charge < -0.3 is 9.30 Å². The quantitative estimate of drug-likeness (QED) is 0.851. The van der Waals surface area contributed by atoms with Crippen LogP contribution in [0, 0.1) is 11.7 Å². The van der Waals surface area contributed by atoms with Gasteiger partial charge in [-0.25, -0.2) is 9.37 Å². The highest BCUT2D eigenvalue weighted by Gasteiger charge is 2.35. The number of aromatic nitrogens is 2. The Morgan fingerprint density at radius 2 is 2.00 bits per heavy atom. The monoisotopic (exact) mass is 348 g/mol. The summed E-state index contributed by atoms with van der Waals surface area (Å²) >= 11 is 0. The number of imidazole rings is 1. The van der Waals surface area contributed by atoms with Gasteiger partial charge in [-0.15, -0.1) is 0 Å². The van der Waals surface area contributed by atoms with Gasteiger partial charge in [-0.05, 0) is 25.0 Å². The van der Waals surface area contributed by atoms with Crippen molar-refractivity contribution in [2.24, 2.45) is 5.92 Å². The Labute approximate surface area is 145 Å². The fraction of sp³-hybridized carbons (Fsp3) is 0.556. The zero-order valence-electron chi connectivity index (χ0n) is 14.1. The largest absolute Gasteiger partial charge is 0.339 e. The van der Waals surface area contributed by atoms with E-state index < -0.39 is 6.67 Å². The fourth-order valence-electron chi connectivity index (χ4n) is 3.98. The van der Waals surface area contributed by atoms with E-state index in [4.69, 9.17) is 0 Å². The minimum absolute atomic E-state index is 0.100. The Bertz CT molecular complexity index is 770. The summed E-state index contributed by atoms with van der Waals surface area (Å²) in [4.78, 5) is 20.8. The molecule has 2 aromatic rings. The Kier molecular flexibility index (Phi) is 4.41. The molecular formula is C18H22F2N4O. The maximum atomic E-state index is 13.3. The van der Waals surface area contributed by atoms with Crippen LogP contribution in [0.25, 0.3) is 5.65 Å². The number of likely N-dealkylation sites (tertiary alicyclic amines) is 2. The molecule has 0 bridgehead atoms. The van der Waals surface area contributed by atoms with Crippen molar-refractivity contribution in [3.8, 4) is 0 Å². The number of nitrogens with zero attached hydrogens (tertiary/aromatic N) is 4. The zero-order chi connectivity index (χ0) is 17.4. The third kappa shape index (κ3) is 3.38. The third-order valence-electron chi connectivity index (χ3n) is 5.31. The molecule has 2 aliphatic rings. The summed E-state index contributed by atoms with van der Waals surface area (Å²) in [7, 11) is 0. The van der Waals surface area contributed by atoms with Crippen LogP contribution in [0.5, 0.6) is 0 Å². The van der Waals surface area contributed by atoms with E-state index in [9.17, 15) is 13.6 Å². The molecule has 2 aliphatic heterocycles. The number of rotatable bonds is 4. The number of piperidine rings is 1. The van der Waals surface area contributed by atoms with Crippen molar-refractivity contribution >= 4 is 11.6 Å². The minimum Gasteiger partial charge on any atom is -0.339 e. The molecule has 0 saturated carbocycles. The highest BCUT2D eigenvalue weighted by molar-refractivity contribution is 5.79. The second-order valence-corrected chi connectivity index (χ2v) is 7.12. The van der Waals surface area contributed by atoms with E-state index >= 15 is 0 Å². The molecule has 2 saturated heterocycles. The molecule has 0 aliphatic carbocycles. The Morgan fingerprint density at radius 3 is 2.72 bits per heavy atom. The molecule has 0 N–H and O–H groups in total. The van der Waals surface area contributed by atoms with Crippen molar-refractivity contribution in [1.29, 1.82) is 0 Å². The van der Waals surface area contributed by atoms with Gasteiger partial charge in [0.1, 0.15) is 11.5 Å². The van der Waals surface area contributed by atoms with E-state index in [-0.39, 0.29) is 23.7 Å². The fourth-order valence-corrected chi connectivity index (χ4v) is 3.98. The Balaban J connectivity index is 1.34. The molecule has 1 atom stereocenters. The van der Waals surface area contributed by atoms with Crippen molar-refractivity contribution in [3.05, 3.63) is 36.0 Å². The van der Waals surface area contributed by atoms with E-state index in [0.29, 0.717) is 13.0 Å². The molecule has 25 heavy (non-hydrogen) atoms. The minimum atomic E-state index is -0.407. The molecule has 0 aromatic carbocycles. The molecule has 5 nitrogen and oxygen atoms in total. The molecule has 2 aromatic heterocycles. The van der Waals surface area contributed by atoms with E-state index in [0.717, 1.165) is 43.8 Å². The molecule has 7 heteroatoms. The third-order valence-corrected chi connectivity index (χ3v) is 5.31.